The molecule has 0 bridgehead atoms. The zero-order chi connectivity index (χ0) is 18.8. The second-order valence-electron chi connectivity index (χ2n) is 6.20. The molecule has 0 unspecified atom stereocenters. The van der Waals surface area contributed by atoms with Gasteiger partial charge in [-0.15, -0.1) is 0 Å². The van der Waals surface area contributed by atoms with Gasteiger partial charge in [0, 0.05) is 17.2 Å². The fourth-order valence-electron chi connectivity index (χ4n) is 3.18. The first-order valence-electron chi connectivity index (χ1n) is 8.61. The molecule has 5 heteroatoms. The molecule has 136 valence electrons. The third-order valence-electron chi connectivity index (χ3n) is 4.57. The van der Waals surface area contributed by atoms with Crippen LogP contribution in [0, 0.1) is 5.82 Å². The van der Waals surface area contributed by atoms with Crippen molar-refractivity contribution in [3.05, 3.63) is 78.1 Å². The number of nitrogens with zero attached hydrogens (tertiary/aromatic N) is 2. The molecule has 0 radical (unpaired) electrons. The van der Waals surface area contributed by atoms with Crippen molar-refractivity contribution in [2.24, 2.45) is 0 Å². The zero-order valence-electron chi connectivity index (χ0n) is 15.1. The topological polar surface area (TPSA) is 36.3 Å². The highest BCUT2D eigenvalue weighted by Gasteiger charge is 2.15. The molecule has 0 aliphatic heterocycles. The number of fused-ring (bicyclic) bond motifs is 1. The maximum absolute atomic E-state index is 14.3. The highest BCUT2D eigenvalue weighted by Crippen LogP contribution is 2.30. The van der Waals surface area contributed by atoms with E-state index in [1.807, 2.05) is 53.1 Å². The van der Waals surface area contributed by atoms with E-state index in [1.54, 1.807) is 26.4 Å². The Morgan fingerprint density at radius 3 is 2.44 bits per heavy atom. The highest BCUT2D eigenvalue weighted by molar-refractivity contribution is 5.82. The molecule has 4 rings (SSSR count). The lowest BCUT2D eigenvalue weighted by molar-refractivity contribution is 0.415. The van der Waals surface area contributed by atoms with Crippen molar-refractivity contribution in [3.63, 3.8) is 0 Å². The largest absolute Gasteiger partial charge is 0.497 e. The minimum atomic E-state index is -0.232. The molecule has 0 N–H and O–H groups in total. The first-order valence-corrected chi connectivity index (χ1v) is 8.61. The van der Waals surface area contributed by atoms with Crippen molar-refractivity contribution < 1.29 is 13.9 Å². The van der Waals surface area contributed by atoms with Gasteiger partial charge in [0.1, 0.15) is 23.1 Å². The van der Waals surface area contributed by atoms with Crippen molar-refractivity contribution in [1.82, 2.24) is 9.55 Å². The van der Waals surface area contributed by atoms with Gasteiger partial charge in [0.05, 0.1) is 31.8 Å². The van der Waals surface area contributed by atoms with Gasteiger partial charge in [-0.05, 0) is 30.3 Å². The number of hydrogen-bond acceptors (Lipinski definition) is 3. The fraction of sp³-hybridized carbons (Fsp3) is 0.136. The van der Waals surface area contributed by atoms with E-state index >= 15 is 0 Å². The number of imidazole rings is 1. The van der Waals surface area contributed by atoms with Crippen molar-refractivity contribution >= 4 is 11.0 Å². The Balaban J connectivity index is 1.92. The Labute approximate surface area is 156 Å². The molecule has 3 aromatic carbocycles. The van der Waals surface area contributed by atoms with Crippen molar-refractivity contribution in [2.75, 3.05) is 14.2 Å². The molecule has 27 heavy (non-hydrogen) atoms. The summed E-state index contributed by atoms with van der Waals surface area (Å²) < 4.78 is 27.0. The van der Waals surface area contributed by atoms with Crippen LogP contribution in [0.5, 0.6) is 11.5 Å². The highest BCUT2D eigenvalue weighted by atomic mass is 19.1. The molecular formula is C22H19FN2O2. The van der Waals surface area contributed by atoms with E-state index in [9.17, 15) is 4.39 Å². The number of methoxy groups -OCH3 is 2. The van der Waals surface area contributed by atoms with Crippen LogP contribution in [0.4, 0.5) is 4.39 Å². The smallest absolute Gasteiger partial charge is 0.141 e. The molecule has 0 fully saturated rings. The van der Waals surface area contributed by atoms with E-state index in [4.69, 9.17) is 14.5 Å². The average Bonchev–Trinajstić information content (AvgIpc) is 3.07. The number of benzene rings is 3. The summed E-state index contributed by atoms with van der Waals surface area (Å²) >= 11 is 0. The summed E-state index contributed by atoms with van der Waals surface area (Å²) in [5.41, 5.74) is 3.22. The summed E-state index contributed by atoms with van der Waals surface area (Å²) in [7, 11) is 3.26. The Morgan fingerprint density at radius 1 is 0.889 bits per heavy atom. The number of hydrogen-bond donors (Lipinski definition) is 0. The van der Waals surface area contributed by atoms with E-state index in [1.165, 1.54) is 6.07 Å². The monoisotopic (exact) mass is 362 g/mol. The van der Waals surface area contributed by atoms with Gasteiger partial charge in [0.25, 0.3) is 0 Å². The van der Waals surface area contributed by atoms with Gasteiger partial charge in [0.2, 0.25) is 0 Å². The molecule has 0 saturated carbocycles. The SMILES string of the molecule is COc1cccc(-c2nc3cc(OC)ccc3n2Cc2ccccc2F)c1. The van der Waals surface area contributed by atoms with Crippen molar-refractivity contribution in [1.29, 1.82) is 0 Å². The van der Waals surface area contributed by atoms with Crippen molar-refractivity contribution in [3.8, 4) is 22.9 Å². The third-order valence-corrected chi connectivity index (χ3v) is 4.57. The molecule has 0 saturated heterocycles. The average molecular weight is 362 g/mol. The van der Waals surface area contributed by atoms with E-state index in [0.717, 1.165) is 33.9 Å². The number of halogens is 1. The minimum Gasteiger partial charge on any atom is -0.497 e. The van der Waals surface area contributed by atoms with Crippen LogP contribution >= 0.6 is 0 Å². The van der Waals surface area contributed by atoms with Gasteiger partial charge in [-0.1, -0.05) is 30.3 Å². The van der Waals surface area contributed by atoms with Crippen LogP contribution in [-0.4, -0.2) is 23.8 Å². The maximum Gasteiger partial charge on any atom is 0.141 e. The molecule has 0 atom stereocenters. The van der Waals surface area contributed by atoms with Gasteiger partial charge in [-0.25, -0.2) is 9.37 Å². The van der Waals surface area contributed by atoms with Crippen LogP contribution in [0.15, 0.2) is 66.7 Å². The fourth-order valence-corrected chi connectivity index (χ4v) is 3.18. The van der Waals surface area contributed by atoms with Crippen LogP contribution in [0.2, 0.25) is 0 Å². The van der Waals surface area contributed by atoms with Gasteiger partial charge in [-0.2, -0.15) is 0 Å². The normalized spacial score (nSPS) is 10.9. The van der Waals surface area contributed by atoms with E-state index in [-0.39, 0.29) is 5.82 Å². The molecule has 4 nitrogen and oxygen atoms in total. The molecule has 0 amide bonds. The lowest BCUT2D eigenvalue weighted by Gasteiger charge is -2.11. The van der Waals surface area contributed by atoms with Crippen LogP contribution in [-0.2, 0) is 6.54 Å². The second kappa shape index (κ2) is 7.11. The van der Waals surface area contributed by atoms with Crippen LogP contribution in [0.3, 0.4) is 0 Å². The Hall–Kier alpha value is -3.34. The number of rotatable bonds is 5. The summed E-state index contributed by atoms with van der Waals surface area (Å²) in [6, 6.07) is 20.2. The standard InChI is InChI=1S/C22H19FN2O2/c1-26-17-8-5-7-15(12-17)22-24-20-13-18(27-2)10-11-21(20)25(22)14-16-6-3-4-9-19(16)23/h3-13H,14H2,1-2H3. The Kier molecular flexibility index (Phi) is 4.50. The van der Waals surface area contributed by atoms with Crippen LogP contribution in [0.25, 0.3) is 22.4 Å². The molecule has 0 aliphatic rings. The van der Waals surface area contributed by atoms with E-state index in [2.05, 4.69) is 0 Å². The second-order valence-corrected chi connectivity index (χ2v) is 6.20. The Bertz CT molecular complexity index is 1100. The molecule has 0 spiro atoms. The molecule has 1 aromatic heterocycles. The summed E-state index contributed by atoms with van der Waals surface area (Å²) in [5, 5.41) is 0. The minimum absolute atomic E-state index is 0.232. The number of ether oxygens (including phenoxy) is 2. The van der Waals surface area contributed by atoms with Crippen molar-refractivity contribution in [2.45, 2.75) is 6.54 Å². The van der Waals surface area contributed by atoms with E-state index < -0.39 is 0 Å². The summed E-state index contributed by atoms with van der Waals surface area (Å²) in [6.07, 6.45) is 0. The number of aromatic nitrogens is 2. The summed E-state index contributed by atoms with van der Waals surface area (Å²) in [4.78, 5) is 4.80. The van der Waals surface area contributed by atoms with E-state index in [0.29, 0.717) is 12.1 Å². The molecule has 1 heterocycles. The quantitative estimate of drug-likeness (QED) is 0.506. The van der Waals surface area contributed by atoms with Crippen LogP contribution in [0.1, 0.15) is 5.56 Å². The summed E-state index contributed by atoms with van der Waals surface area (Å²) in [6.45, 7) is 0.377. The predicted molar refractivity (Wildman–Crippen MR) is 104 cm³/mol. The lowest BCUT2D eigenvalue weighted by atomic mass is 10.1. The maximum atomic E-state index is 14.3. The molecular weight excluding hydrogens is 343 g/mol. The van der Waals surface area contributed by atoms with Crippen LogP contribution < -0.4 is 9.47 Å². The van der Waals surface area contributed by atoms with Gasteiger partial charge >= 0.3 is 0 Å². The zero-order valence-corrected chi connectivity index (χ0v) is 15.1. The molecule has 0 aliphatic carbocycles. The van der Waals surface area contributed by atoms with Gasteiger partial charge in [-0.3, -0.25) is 0 Å². The van der Waals surface area contributed by atoms with Gasteiger partial charge < -0.3 is 14.0 Å². The first kappa shape index (κ1) is 17.1. The molecule has 4 aromatic rings. The summed E-state index contributed by atoms with van der Waals surface area (Å²) in [5.74, 6) is 2.00. The third kappa shape index (κ3) is 3.24. The lowest BCUT2D eigenvalue weighted by Crippen LogP contribution is -2.04. The predicted octanol–water partition coefficient (Wildman–Crippen LogP) is 4.91. The Morgan fingerprint density at radius 2 is 1.67 bits per heavy atom. The van der Waals surface area contributed by atoms with Gasteiger partial charge in [0.15, 0.2) is 0 Å². The first-order chi connectivity index (χ1) is 13.2.